The van der Waals surface area contributed by atoms with Crippen molar-refractivity contribution in [1.82, 2.24) is 14.8 Å². The smallest absolute Gasteiger partial charge is 0.283 e. The molecule has 2 rings (SSSR count). The largest absolute Gasteiger partial charge is 0.289 e. The number of nitrogens with zero attached hydrogens (tertiary/aromatic N) is 2. The quantitative estimate of drug-likeness (QED) is 0.370. The van der Waals surface area contributed by atoms with Crippen molar-refractivity contribution in [1.29, 1.82) is 0 Å². The number of nitrogen functional groups attached to an aromatic ring is 1. The molecule has 0 saturated heterocycles. The first-order valence-corrected chi connectivity index (χ1v) is 4.12. The molecule has 1 amide bonds. The van der Waals surface area contributed by atoms with Crippen molar-refractivity contribution >= 4 is 22.2 Å². The van der Waals surface area contributed by atoms with Gasteiger partial charge < -0.3 is 0 Å². The molecule has 0 aliphatic heterocycles. The lowest BCUT2D eigenvalue weighted by molar-refractivity contribution is 0.0948. The number of rotatable bonds is 1. The average Bonchev–Trinajstić information content (AvgIpc) is 2.62. The summed E-state index contributed by atoms with van der Waals surface area (Å²) in [6.07, 6.45) is 3.36. The Labute approximate surface area is 71.8 Å². The number of aromatic nitrogens is 2. The molecule has 5 nitrogen and oxygen atoms in total. The van der Waals surface area contributed by atoms with Crippen LogP contribution in [0.5, 0.6) is 0 Å². The van der Waals surface area contributed by atoms with Gasteiger partial charge in [0.15, 0.2) is 4.96 Å². The molecule has 0 atom stereocenters. The van der Waals surface area contributed by atoms with Crippen LogP contribution in [0.25, 0.3) is 4.96 Å². The molecule has 2 aromatic heterocycles. The van der Waals surface area contributed by atoms with E-state index in [0.717, 1.165) is 4.96 Å². The van der Waals surface area contributed by atoms with E-state index in [-0.39, 0.29) is 5.91 Å². The SMILES string of the molecule is NNC(=O)c1csc2nccn12. The first kappa shape index (κ1) is 7.26. The summed E-state index contributed by atoms with van der Waals surface area (Å²) >= 11 is 1.40. The lowest BCUT2D eigenvalue weighted by Crippen LogP contribution is -2.30. The molecule has 2 aromatic rings. The lowest BCUT2D eigenvalue weighted by Gasteiger charge is -1.94. The maximum atomic E-state index is 11.1. The normalized spacial score (nSPS) is 10.4. The predicted molar refractivity (Wildman–Crippen MR) is 44.7 cm³/mol. The fourth-order valence-corrected chi connectivity index (χ4v) is 1.79. The van der Waals surface area contributed by atoms with Gasteiger partial charge in [-0.25, -0.2) is 10.8 Å². The highest BCUT2D eigenvalue weighted by molar-refractivity contribution is 7.15. The molecule has 0 aliphatic carbocycles. The molecule has 12 heavy (non-hydrogen) atoms. The highest BCUT2D eigenvalue weighted by Crippen LogP contribution is 2.13. The van der Waals surface area contributed by atoms with Crippen molar-refractivity contribution in [2.75, 3.05) is 0 Å². The number of thiazole rings is 1. The number of nitrogens with two attached hydrogens (primary N) is 1. The number of imidazole rings is 1. The average molecular weight is 182 g/mol. The lowest BCUT2D eigenvalue weighted by atomic mass is 10.5. The summed E-state index contributed by atoms with van der Waals surface area (Å²) in [5.41, 5.74) is 2.58. The topological polar surface area (TPSA) is 72.4 Å². The zero-order chi connectivity index (χ0) is 8.55. The van der Waals surface area contributed by atoms with Crippen LogP contribution >= 0.6 is 11.3 Å². The molecule has 0 unspecified atom stereocenters. The number of amides is 1. The van der Waals surface area contributed by atoms with Crippen LogP contribution in [0.1, 0.15) is 10.5 Å². The third-order valence-electron chi connectivity index (χ3n) is 1.51. The Hall–Kier alpha value is -1.40. The van der Waals surface area contributed by atoms with Gasteiger partial charge in [-0.15, -0.1) is 11.3 Å². The molecule has 2 heterocycles. The van der Waals surface area contributed by atoms with Gasteiger partial charge in [0, 0.05) is 17.8 Å². The van der Waals surface area contributed by atoms with Gasteiger partial charge in [0.2, 0.25) is 0 Å². The van der Waals surface area contributed by atoms with E-state index in [1.54, 1.807) is 22.2 Å². The second-order valence-electron chi connectivity index (χ2n) is 2.17. The maximum Gasteiger partial charge on any atom is 0.283 e. The molecule has 0 aromatic carbocycles. The summed E-state index contributed by atoms with van der Waals surface area (Å²) in [6.45, 7) is 0. The van der Waals surface area contributed by atoms with E-state index in [1.165, 1.54) is 11.3 Å². The minimum Gasteiger partial charge on any atom is -0.289 e. The van der Waals surface area contributed by atoms with Gasteiger partial charge in [0.25, 0.3) is 5.91 Å². The second-order valence-corrected chi connectivity index (χ2v) is 3.01. The number of fused-ring (bicyclic) bond motifs is 1. The van der Waals surface area contributed by atoms with Gasteiger partial charge in [-0.2, -0.15) is 0 Å². The molecule has 0 saturated carbocycles. The zero-order valence-corrected chi connectivity index (χ0v) is 6.84. The van der Waals surface area contributed by atoms with Crippen LogP contribution in [0.2, 0.25) is 0 Å². The molecular formula is C6H6N4OS. The summed E-state index contributed by atoms with van der Waals surface area (Å²) in [4.78, 5) is 15.9. The van der Waals surface area contributed by atoms with Gasteiger partial charge >= 0.3 is 0 Å². The first-order valence-electron chi connectivity index (χ1n) is 3.24. The Morgan fingerprint density at radius 3 is 3.33 bits per heavy atom. The summed E-state index contributed by atoms with van der Waals surface area (Å²) in [7, 11) is 0. The van der Waals surface area contributed by atoms with E-state index in [9.17, 15) is 4.79 Å². The number of carbonyl (C=O) groups is 1. The number of hydrazine groups is 1. The fourth-order valence-electron chi connectivity index (χ4n) is 0.962. The highest BCUT2D eigenvalue weighted by Gasteiger charge is 2.09. The number of hydrogen-bond donors (Lipinski definition) is 2. The number of nitrogens with one attached hydrogen (secondary N) is 1. The molecule has 0 spiro atoms. The Bertz CT molecular complexity index is 418. The Balaban J connectivity index is 2.61. The zero-order valence-electron chi connectivity index (χ0n) is 6.02. The summed E-state index contributed by atoms with van der Waals surface area (Å²) in [5.74, 6) is 4.69. The number of hydrogen-bond acceptors (Lipinski definition) is 4. The van der Waals surface area contributed by atoms with E-state index in [4.69, 9.17) is 5.84 Å². The van der Waals surface area contributed by atoms with Crippen molar-refractivity contribution in [3.63, 3.8) is 0 Å². The van der Waals surface area contributed by atoms with E-state index in [1.807, 2.05) is 0 Å². The van der Waals surface area contributed by atoms with E-state index >= 15 is 0 Å². The number of carbonyl (C=O) groups excluding carboxylic acids is 1. The van der Waals surface area contributed by atoms with Crippen molar-refractivity contribution in [3.05, 3.63) is 23.5 Å². The van der Waals surface area contributed by atoms with Gasteiger partial charge in [0.1, 0.15) is 5.69 Å². The molecule has 0 radical (unpaired) electrons. The van der Waals surface area contributed by atoms with Gasteiger partial charge in [0.05, 0.1) is 0 Å². The van der Waals surface area contributed by atoms with Crippen LogP contribution in [-0.4, -0.2) is 15.3 Å². The molecule has 6 heteroatoms. The molecular weight excluding hydrogens is 176 g/mol. The predicted octanol–water partition coefficient (Wildman–Crippen LogP) is -0.000700. The van der Waals surface area contributed by atoms with Crippen LogP contribution in [0.4, 0.5) is 0 Å². The van der Waals surface area contributed by atoms with Crippen LogP contribution in [-0.2, 0) is 0 Å². The van der Waals surface area contributed by atoms with Crippen molar-refractivity contribution in [3.8, 4) is 0 Å². The van der Waals surface area contributed by atoms with Gasteiger partial charge in [-0.1, -0.05) is 0 Å². The molecule has 0 fully saturated rings. The van der Waals surface area contributed by atoms with Gasteiger partial charge in [-0.3, -0.25) is 14.6 Å². The van der Waals surface area contributed by atoms with E-state index < -0.39 is 0 Å². The fraction of sp³-hybridized carbons (Fsp3) is 0. The van der Waals surface area contributed by atoms with Crippen LogP contribution in [0, 0.1) is 0 Å². The van der Waals surface area contributed by atoms with Crippen molar-refractivity contribution in [2.45, 2.75) is 0 Å². The van der Waals surface area contributed by atoms with E-state index in [2.05, 4.69) is 10.4 Å². The molecule has 0 aliphatic rings. The third kappa shape index (κ3) is 0.892. The molecule has 3 N–H and O–H groups in total. The maximum absolute atomic E-state index is 11.1. The minimum absolute atomic E-state index is 0.306. The molecule has 62 valence electrons. The van der Waals surface area contributed by atoms with E-state index in [0.29, 0.717) is 5.69 Å². The summed E-state index contributed by atoms with van der Waals surface area (Å²) in [5, 5.41) is 1.71. The van der Waals surface area contributed by atoms with Crippen LogP contribution < -0.4 is 11.3 Å². The Kier molecular flexibility index (Phi) is 1.56. The summed E-state index contributed by atoms with van der Waals surface area (Å²) < 4.78 is 1.69. The van der Waals surface area contributed by atoms with Crippen molar-refractivity contribution < 1.29 is 4.79 Å². The van der Waals surface area contributed by atoms with Crippen molar-refractivity contribution in [2.24, 2.45) is 5.84 Å². The Morgan fingerprint density at radius 1 is 1.75 bits per heavy atom. The first-order chi connectivity index (χ1) is 5.83. The minimum atomic E-state index is -0.306. The van der Waals surface area contributed by atoms with Crippen LogP contribution in [0.15, 0.2) is 17.8 Å². The highest BCUT2D eigenvalue weighted by atomic mass is 32.1. The Morgan fingerprint density at radius 2 is 2.58 bits per heavy atom. The van der Waals surface area contributed by atoms with Gasteiger partial charge in [-0.05, 0) is 0 Å². The van der Waals surface area contributed by atoms with Crippen LogP contribution in [0.3, 0.4) is 0 Å². The monoisotopic (exact) mass is 182 g/mol. The standard InChI is InChI=1S/C6H6N4OS/c7-9-5(11)4-3-12-6-8-1-2-10(4)6/h1-3H,7H2,(H,9,11). The second kappa shape index (κ2) is 2.58. The summed E-state index contributed by atoms with van der Waals surface area (Å²) in [6, 6.07) is 0. The molecule has 0 bridgehead atoms. The third-order valence-corrected chi connectivity index (χ3v) is 2.36.